The normalized spacial score (nSPS) is 11.6. The Bertz CT molecular complexity index is 1220. The van der Waals surface area contributed by atoms with E-state index in [2.05, 4.69) is 47.3 Å². The van der Waals surface area contributed by atoms with Gasteiger partial charge in [0, 0.05) is 28.7 Å². The van der Waals surface area contributed by atoms with E-state index in [9.17, 15) is 4.79 Å². The van der Waals surface area contributed by atoms with Crippen molar-refractivity contribution in [2.45, 2.75) is 19.9 Å². The molecule has 0 fully saturated rings. The molecule has 1 N–H and O–H groups in total. The number of aromatic nitrogens is 1. The van der Waals surface area contributed by atoms with Gasteiger partial charge in [0.05, 0.1) is 18.9 Å². The van der Waals surface area contributed by atoms with Crippen LogP contribution in [0, 0.1) is 0 Å². The summed E-state index contributed by atoms with van der Waals surface area (Å²) in [6.07, 6.45) is 3.74. The second kappa shape index (κ2) is 7.80. The number of methoxy groups -OCH3 is 1. The van der Waals surface area contributed by atoms with Crippen LogP contribution in [0.4, 0.5) is 0 Å². The van der Waals surface area contributed by atoms with Crippen molar-refractivity contribution in [2.75, 3.05) is 7.11 Å². The Hall–Kier alpha value is -3.60. The number of carbonyl (C=O) groups excluding carboxylic acids is 1. The summed E-state index contributed by atoms with van der Waals surface area (Å²) in [6, 6.07) is 20.1. The lowest BCUT2D eigenvalue weighted by Gasteiger charge is -2.09. The minimum absolute atomic E-state index is 0.309. The van der Waals surface area contributed by atoms with Gasteiger partial charge in [0.25, 0.3) is 5.91 Å². The molecule has 29 heavy (non-hydrogen) atoms. The number of hydrogen-bond acceptors (Lipinski definition) is 3. The first-order valence-electron chi connectivity index (χ1n) is 9.58. The van der Waals surface area contributed by atoms with Gasteiger partial charge in [0.15, 0.2) is 0 Å². The molecule has 0 saturated carbocycles. The number of amides is 1. The number of rotatable bonds is 5. The van der Waals surface area contributed by atoms with Gasteiger partial charge in [-0.15, -0.1) is 0 Å². The van der Waals surface area contributed by atoms with Crippen LogP contribution in [0.1, 0.15) is 35.8 Å². The predicted molar refractivity (Wildman–Crippen MR) is 118 cm³/mol. The molecule has 3 aromatic carbocycles. The van der Waals surface area contributed by atoms with Gasteiger partial charge in [-0.1, -0.05) is 42.5 Å². The lowest BCUT2D eigenvalue weighted by Crippen LogP contribution is -2.18. The van der Waals surface area contributed by atoms with Gasteiger partial charge in [0.1, 0.15) is 5.75 Å². The van der Waals surface area contributed by atoms with Gasteiger partial charge < -0.3 is 9.30 Å². The van der Waals surface area contributed by atoms with Crippen molar-refractivity contribution in [1.82, 2.24) is 9.99 Å². The van der Waals surface area contributed by atoms with E-state index in [1.54, 1.807) is 13.3 Å². The number of fused-ring (bicyclic) bond motifs is 2. The van der Waals surface area contributed by atoms with Crippen molar-refractivity contribution < 1.29 is 9.53 Å². The molecule has 1 heterocycles. The Labute approximate surface area is 169 Å². The number of benzene rings is 3. The zero-order valence-corrected chi connectivity index (χ0v) is 16.7. The highest BCUT2D eigenvalue weighted by Gasteiger charge is 2.13. The van der Waals surface area contributed by atoms with E-state index in [0.29, 0.717) is 17.4 Å². The molecule has 0 spiro atoms. The van der Waals surface area contributed by atoms with Crippen LogP contribution in [-0.4, -0.2) is 23.8 Å². The summed E-state index contributed by atoms with van der Waals surface area (Å²) < 4.78 is 7.61. The topological polar surface area (TPSA) is 55.6 Å². The zero-order chi connectivity index (χ0) is 20.4. The van der Waals surface area contributed by atoms with Crippen molar-refractivity contribution >= 4 is 33.8 Å². The minimum atomic E-state index is -0.309. The van der Waals surface area contributed by atoms with Gasteiger partial charge in [-0.05, 0) is 42.8 Å². The third-order valence-corrected chi connectivity index (χ3v) is 5.01. The largest absolute Gasteiger partial charge is 0.496 e. The number of para-hydroxylation sites is 1. The second-order valence-electron chi connectivity index (χ2n) is 7.20. The van der Waals surface area contributed by atoms with Gasteiger partial charge in [-0.2, -0.15) is 5.10 Å². The first-order chi connectivity index (χ1) is 14.1. The molecular formula is C24H23N3O2. The molecule has 0 atom stereocenters. The monoisotopic (exact) mass is 385 g/mol. The second-order valence-corrected chi connectivity index (χ2v) is 7.20. The molecule has 0 saturated heterocycles. The molecule has 4 aromatic rings. The van der Waals surface area contributed by atoms with Crippen LogP contribution in [0.3, 0.4) is 0 Å². The van der Waals surface area contributed by atoms with Crippen molar-refractivity contribution in [3.05, 3.63) is 78.0 Å². The Morgan fingerprint density at radius 1 is 1.07 bits per heavy atom. The predicted octanol–water partition coefficient (Wildman–Crippen LogP) is 5.15. The number of nitrogens with zero attached hydrogens (tertiary/aromatic N) is 2. The Morgan fingerprint density at radius 3 is 2.48 bits per heavy atom. The highest BCUT2D eigenvalue weighted by atomic mass is 16.5. The van der Waals surface area contributed by atoms with Crippen LogP contribution in [-0.2, 0) is 0 Å². The van der Waals surface area contributed by atoms with E-state index < -0.39 is 0 Å². The van der Waals surface area contributed by atoms with Crippen molar-refractivity contribution in [3.63, 3.8) is 0 Å². The summed E-state index contributed by atoms with van der Waals surface area (Å²) in [5.41, 5.74) is 5.19. The molecule has 0 bridgehead atoms. The smallest absolute Gasteiger partial charge is 0.275 e. The summed E-state index contributed by atoms with van der Waals surface area (Å²) in [5.74, 6) is 0.212. The van der Waals surface area contributed by atoms with Crippen LogP contribution >= 0.6 is 0 Å². The number of carbonyl (C=O) groups is 1. The molecule has 5 heteroatoms. The van der Waals surface area contributed by atoms with Crippen LogP contribution in [0.2, 0.25) is 0 Å². The highest BCUT2D eigenvalue weighted by molar-refractivity contribution is 6.03. The maximum absolute atomic E-state index is 12.7. The molecule has 146 valence electrons. The number of ether oxygens (including phenoxy) is 1. The Balaban J connectivity index is 1.61. The molecule has 0 aliphatic heterocycles. The van der Waals surface area contributed by atoms with Crippen LogP contribution in [0.25, 0.3) is 21.7 Å². The third-order valence-electron chi connectivity index (χ3n) is 5.01. The molecule has 0 unspecified atom stereocenters. The fourth-order valence-electron chi connectivity index (χ4n) is 3.55. The van der Waals surface area contributed by atoms with Gasteiger partial charge in [0.2, 0.25) is 0 Å². The number of hydrazone groups is 1. The van der Waals surface area contributed by atoms with Crippen LogP contribution in [0.5, 0.6) is 5.75 Å². The molecule has 5 nitrogen and oxygen atoms in total. The minimum Gasteiger partial charge on any atom is -0.496 e. The first-order valence-corrected chi connectivity index (χ1v) is 9.58. The van der Waals surface area contributed by atoms with E-state index in [0.717, 1.165) is 27.2 Å². The van der Waals surface area contributed by atoms with E-state index in [1.807, 2.05) is 48.5 Å². The van der Waals surface area contributed by atoms with Crippen LogP contribution < -0.4 is 10.2 Å². The van der Waals surface area contributed by atoms with Gasteiger partial charge in [-0.25, -0.2) is 5.43 Å². The summed E-state index contributed by atoms with van der Waals surface area (Å²) in [5, 5.41) is 7.30. The molecule has 0 aliphatic rings. The van der Waals surface area contributed by atoms with Gasteiger partial charge in [-0.3, -0.25) is 4.79 Å². The zero-order valence-electron chi connectivity index (χ0n) is 16.7. The summed E-state index contributed by atoms with van der Waals surface area (Å²) >= 11 is 0. The molecule has 1 aromatic heterocycles. The lowest BCUT2D eigenvalue weighted by molar-refractivity contribution is 0.0952. The lowest BCUT2D eigenvalue weighted by atomic mass is 10.1. The standard InChI is InChI=1S/C24H23N3O2/c1-16(2)27-15-19(20-10-6-7-11-22(20)27)14-25-26-24(28)21-12-17-8-4-5-9-18(17)13-23(21)29-3/h4-16H,1-3H3,(H,26,28)/b25-14-. The van der Waals surface area contributed by atoms with Crippen molar-refractivity contribution in [3.8, 4) is 5.75 Å². The molecule has 0 radical (unpaired) electrons. The fourth-order valence-corrected chi connectivity index (χ4v) is 3.55. The third kappa shape index (κ3) is 3.59. The Kier molecular flexibility index (Phi) is 5.04. The molecule has 4 rings (SSSR count). The fraction of sp³-hybridized carbons (Fsp3) is 0.167. The number of nitrogens with one attached hydrogen (secondary N) is 1. The highest BCUT2D eigenvalue weighted by Crippen LogP contribution is 2.26. The molecule has 1 amide bonds. The van der Waals surface area contributed by atoms with E-state index in [1.165, 1.54) is 0 Å². The quantitative estimate of drug-likeness (QED) is 0.382. The van der Waals surface area contributed by atoms with E-state index in [4.69, 9.17) is 4.74 Å². The van der Waals surface area contributed by atoms with Crippen LogP contribution in [0.15, 0.2) is 72.0 Å². The molecule has 0 aliphatic carbocycles. The van der Waals surface area contributed by atoms with E-state index >= 15 is 0 Å². The van der Waals surface area contributed by atoms with E-state index in [-0.39, 0.29) is 5.91 Å². The average Bonchev–Trinajstić information content (AvgIpc) is 3.12. The summed E-state index contributed by atoms with van der Waals surface area (Å²) in [6.45, 7) is 4.28. The summed E-state index contributed by atoms with van der Waals surface area (Å²) in [7, 11) is 1.56. The maximum Gasteiger partial charge on any atom is 0.275 e. The Morgan fingerprint density at radius 2 is 1.76 bits per heavy atom. The SMILES string of the molecule is COc1cc2ccccc2cc1C(=O)N/N=C\c1cn(C(C)C)c2ccccc12. The number of hydrogen-bond donors (Lipinski definition) is 1. The first kappa shape index (κ1) is 18.7. The molecular weight excluding hydrogens is 362 g/mol. The maximum atomic E-state index is 12.7. The average molecular weight is 385 g/mol. The van der Waals surface area contributed by atoms with Crippen molar-refractivity contribution in [2.24, 2.45) is 5.10 Å². The van der Waals surface area contributed by atoms with Crippen molar-refractivity contribution in [1.29, 1.82) is 0 Å². The summed E-state index contributed by atoms with van der Waals surface area (Å²) in [4.78, 5) is 12.7. The van der Waals surface area contributed by atoms with Gasteiger partial charge >= 0.3 is 0 Å².